The smallest absolute Gasteiger partial charge is 0.508 e. The zero-order valence-corrected chi connectivity index (χ0v) is 15.2. The molecule has 1 aliphatic heterocycles. The van der Waals surface area contributed by atoms with Crippen molar-refractivity contribution in [3.8, 4) is 5.75 Å². The summed E-state index contributed by atoms with van der Waals surface area (Å²) < 4.78 is -0.457. The predicted molar refractivity (Wildman–Crippen MR) is 102 cm³/mol. The highest BCUT2D eigenvalue weighted by molar-refractivity contribution is 6.00. The molecule has 6 heteroatoms. The molecule has 1 heterocycles. The number of allylic oxidation sites excluding steroid dienone is 1. The zero-order chi connectivity index (χ0) is 19.8. The summed E-state index contributed by atoms with van der Waals surface area (Å²) in [4.78, 5) is 24.1. The molecule has 1 amide bonds. The number of rotatable bonds is 5. The molecule has 27 heavy (non-hydrogen) atoms. The van der Waals surface area contributed by atoms with Crippen molar-refractivity contribution < 1.29 is 24.9 Å². The average molecular weight is 368 g/mol. The molecule has 1 unspecified atom stereocenters. The van der Waals surface area contributed by atoms with Crippen molar-refractivity contribution in [2.45, 2.75) is 26.8 Å². The van der Waals surface area contributed by atoms with E-state index >= 15 is 0 Å². The third kappa shape index (κ3) is 3.08. The summed E-state index contributed by atoms with van der Waals surface area (Å²) >= 11 is 0. The van der Waals surface area contributed by atoms with E-state index in [4.69, 9.17) is 0 Å². The number of benzene rings is 2. The highest BCUT2D eigenvalue weighted by Gasteiger charge is 2.53. The van der Waals surface area contributed by atoms with E-state index in [9.17, 15) is 24.9 Å². The SMILES string of the molecule is CC(C)C1=C(CC(=O)O)c2ccccc2[N+]1(Cc1ccc(O)cc1)C(=O)O. The van der Waals surface area contributed by atoms with Gasteiger partial charge in [-0.05, 0) is 30.3 Å². The number of quaternary nitrogens is 1. The van der Waals surface area contributed by atoms with Crippen molar-refractivity contribution in [1.29, 1.82) is 0 Å². The zero-order valence-electron chi connectivity index (χ0n) is 15.2. The first-order valence-corrected chi connectivity index (χ1v) is 8.72. The van der Waals surface area contributed by atoms with Crippen LogP contribution in [0.15, 0.2) is 54.2 Å². The third-order valence-electron chi connectivity index (χ3n) is 4.92. The van der Waals surface area contributed by atoms with Crippen LogP contribution in [0.1, 0.15) is 31.4 Å². The van der Waals surface area contributed by atoms with Crippen LogP contribution >= 0.6 is 0 Å². The fourth-order valence-electron chi connectivity index (χ4n) is 4.01. The highest BCUT2D eigenvalue weighted by Crippen LogP contribution is 2.50. The second-order valence-corrected chi connectivity index (χ2v) is 7.02. The minimum atomic E-state index is -1.06. The first-order valence-electron chi connectivity index (χ1n) is 8.72. The maximum atomic E-state index is 12.6. The number of para-hydroxylation sites is 1. The molecule has 0 fully saturated rings. The van der Waals surface area contributed by atoms with E-state index in [1.807, 2.05) is 13.8 Å². The second-order valence-electron chi connectivity index (χ2n) is 7.02. The summed E-state index contributed by atoms with van der Waals surface area (Å²) in [5, 5.41) is 29.3. The number of phenols is 1. The summed E-state index contributed by atoms with van der Waals surface area (Å²) in [5.74, 6) is -1.05. The Morgan fingerprint density at radius 3 is 2.19 bits per heavy atom. The van der Waals surface area contributed by atoms with Gasteiger partial charge in [0, 0.05) is 28.7 Å². The molecular formula is C21H22NO5+. The molecule has 0 aromatic heterocycles. The lowest BCUT2D eigenvalue weighted by molar-refractivity contribution is -0.135. The topological polar surface area (TPSA) is 94.8 Å². The van der Waals surface area contributed by atoms with Crippen LogP contribution in [-0.2, 0) is 11.3 Å². The molecule has 3 N–H and O–H groups in total. The predicted octanol–water partition coefficient (Wildman–Crippen LogP) is 4.43. The van der Waals surface area contributed by atoms with Gasteiger partial charge in [0.15, 0.2) is 5.69 Å². The van der Waals surface area contributed by atoms with E-state index in [1.165, 1.54) is 12.1 Å². The van der Waals surface area contributed by atoms with Crippen LogP contribution in [0.4, 0.5) is 10.5 Å². The second kappa shape index (κ2) is 6.89. The molecule has 3 rings (SSSR count). The minimum Gasteiger partial charge on any atom is -0.508 e. The molecule has 0 bridgehead atoms. The number of carboxylic acid groups (broad SMARTS) is 2. The first kappa shape index (κ1) is 18.7. The van der Waals surface area contributed by atoms with Crippen molar-refractivity contribution in [1.82, 2.24) is 4.48 Å². The molecule has 0 aliphatic carbocycles. The lowest BCUT2D eigenvalue weighted by Crippen LogP contribution is -2.51. The maximum absolute atomic E-state index is 12.6. The van der Waals surface area contributed by atoms with Gasteiger partial charge in [0.25, 0.3) is 0 Å². The molecule has 140 valence electrons. The molecule has 6 nitrogen and oxygen atoms in total. The van der Waals surface area contributed by atoms with E-state index < -0.39 is 16.5 Å². The maximum Gasteiger partial charge on any atom is 0.524 e. The number of phenolic OH excluding ortho intramolecular Hbond substituents is 1. The Kier molecular flexibility index (Phi) is 4.76. The molecule has 0 spiro atoms. The van der Waals surface area contributed by atoms with Gasteiger partial charge in [-0.2, -0.15) is 9.28 Å². The van der Waals surface area contributed by atoms with Crippen LogP contribution in [0, 0.1) is 5.92 Å². The summed E-state index contributed by atoms with van der Waals surface area (Å²) in [7, 11) is 0. The number of amides is 1. The number of carbonyl (C=O) groups is 2. The Hall–Kier alpha value is -3.12. The van der Waals surface area contributed by atoms with Crippen LogP contribution in [0.3, 0.4) is 0 Å². The summed E-state index contributed by atoms with van der Waals surface area (Å²) in [5.41, 5.74) is 3.12. The fourth-order valence-corrected chi connectivity index (χ4v) is 4.01. The summed E-state index contributed by atoms with van der Waals surface area (Å²) in [6.45, 7) is 3.90. The van der Waals surface area contributed by atoms with Gasteiger partial charge in [0.05, 0.1) is 6.42 Å². The Labute approximate surface area is 157 Å². The fraction of sp³-hybridized carbons (Fsp3) is 0.238. The van der Waals surface area contributed by atoms with E-state index in [-0.39, 0.29) is 24.6 Å². The lowest BCUT2D eigenvalue weighted by Gasteiger charge is -2.33. The van der Waals surface area contributed by atoms with Gasteiger partial charge in [-0.15, -0.1) is 0 Å². The van der Waals surface area contributed by atoms with Crippen LogP contribution < -0.4 is 4.48 Å². The standard InChI is InChI=1S/C21H21NO5/c1-13(2)20-17(11-19(24)25)16-5-3-4-6-18(16)22(20,21(26)27)12-14-7-9-15(23)10-8-14/h3-10,13H,11-12H2,1-2H3,(H2-,23,24,25,26,27)/p+1. The number of carboxylic acids is 1. The average Bonchev–Trinajstić information content (AvgIpc) is 2.88. The van der Waals surface area contributed by atoms with Crippen molar-refractivity contribution in [3.05, 3.63) is 65.4 Å². The number of nitrogens with zero attached hydrogens (tertiary/aromatic N) is 1. The van der Waals surface area contributed by atoms with Gasteiger partial charge in [-0.1, -0.05) is 26.0 Å². The Morgan fingerprint density at radius 1 is 1.00 bits per heavy atom. The molecule has 0 saturated carbocycles. The van der Waals surface area contributed by atoms with Crippen molar-refractivity contribution >= 4 is 23.3 Å². The number of fused-ring (bicyclic) bond motifs is 1. The van der Waals surface area contributed by atoms with Crippen molar-refractivity contribution in [2.24, 2.45) is 5.92 Å². The van der Waals surface area contributed by atoms with Gasteiger partial charge >= 0.3 is 12.1 Å². The molecular weight excluding hydrogens is 346 g/mol. The molecule has 1 aliphatic rings. The Balaban J connectivity index is 2.29. The van der Waals surface area contributed by atoms with E-state index in [0.29, 0.717) is 22.5 Å². The summed E-state index contributed by atoms with van der Waals surface area (Å²) in [6.07, 6.45) is -1.28. The third-order valence-corrected chi connectivity index (χ3v) is 4.92. The number of aromatic hydroxyl groups is 1. The first-order chi connectivity index (χ1) is 12.8. The van der Waals surface area contributed by atoms with Crippen molar-refractivity contribution in [3.63, 3.8) is 0 Å². The summed E-state index contributed by atoms with van der Waals surface area (Å²) in [6, 6.07) is 13.5. The van der Waals surface area contributed by atoms with Crippen LogP contribution in [-0.4, -0.2) is 27.4 Å². The number of hydrogen-bond acceptors (Lipinski definition) is 3. The van der Waals surface area contributed by atoms with Crippen LogP contribution in [0.25, 0.3) is 5.57 Å². The van der Waals surface area contributed by atoms with E-state index in [2.05, 4.69) is 0 Å². The Bertz CT molecular complexity index is 930. The Morgan fingerprint density at radius 2 is 1.63 bits per heavy atom. The van der Waals surface area contributed by atoms with E-state index in [0.717, 1.165) is 5.56 Å². The minimum absolute atomic E-state index is 0.105. The highest BCUT2D eigenvalue weighted by atomic mass is 16.4. The van der Waals surface area contributed by atoms with Crippen LogP contribution in [0.5, 0.6) is 5.75 Å². The van der Waals surface area contributed by atoms with Gasteiger partial charge in [-0.3, -0.25) is 4.79 Å². The normalized spacial score (nSPS) is 18.6. The van der Waals surface area contributed by atoms with Gasteiger partial charge in [-0.25, -0.2) is 0 Å². The quantitative estimate of drug-likeness (QED) is 0.679. The lowest BCUT2D eigenvalue weighted by atomic mass is 9.98. The van der Waals surface area contributed by atoms with Gasteiger partial charge in [0.2, 0.25) is 0 Å². The molecule has 2 aromatic carbocycles. The number of hydrogen-bond donors (Lipinski definition) is 3. The molecule has 2 aromatic rings. The number of aliphatic carboxylic acids is 1. The van der Waals surface area contributed by atoms with Gasteiger partial charge < -0.3 is 15.3 Å². The largest absolute Gasteiger partial charge is 0.524 e. The molecule has 1 atom stereocenters. The van der Waals surface area contributed by atoms with Crippen molar-refractivity contribution in [2.75, 3.05) is 0 Å². The van der Waals surface area contributed by atoms with E-state index in [1.54, 1.807) is 36.4 Å². The van der Waals surface area contributed by atoms with Gasteiger partial charge in [0.1, 0.15) is 18.0 Å². The molecule has 0 saturated heterocycles. The molecule has 0 radical (unpaired) electrons. The van der Waals surface area contributed by atoms with Crippen LogP contribution in [0.2, 0.25) is 0 Å². The monoisotopic (exact) mass is 368 g/mol.